The van der Waals surface area contributed by atoms with E-state index in [1.807, 2.05) is 11.5 Å². The third-order valence-electron chi connectivity index (χ3n) is 2.70. The van der Waals surface area contributed by atoms with Crippen molar-refractivity contribution in [2.45, 2.75) is 19.9 Å². The summed E-state index contributed by atoms with van der Waals surface area (Å²) in [5, 5.41) is 11.4. The Hall–Kier alpha value is -2.17. The number of fused-ring (bicyclic) bond motifs is 1. The van der Waals surface area contributed by atoms with Gasteiger partial charge in [-0.05, 0) is 18.6 Å². The first-order chi connectivity index (χ1) is 8.17. The Morgan fingerprint density at radius 1 is 1.41 bits per heavy atom. The molecule has 0 saturated carbocycles. The molecule has 0 N–H and O–H groups in total. The molecule has 0 aliphatic carbocycles. The number of nitro groups is 1. The number of aryl methyl sites for hydroxylation is 1. The van der Waals surface area contributed by atoms with Gasteiger partial charge in [0.25, 0.3) is 5.69 Å². The van der Waals surface area contributed by atoms with Crippen molar-refractivity contribution < 1.29 is 9.72 Å². The monoisotopic (exact) mass is 232 g/mol. The largest absolute Gasteiger partial charge is 0.338 e. The van der Waals surface area contributed by atoms with E-state index in [0.717, 1.165) is 30.2 Å². The van der Waals surface area contributed by atoms with Gasteiger partial charge in [0.15, 0.2) is 6.29 Å². The number of benzene rings is 1. The lowest BCUT2D eigenvalue weighted by Crippen LogP contribution is -2.00. The van der Waals surface area contributed by atoms with Crippen molar-refractivity contribution in [1.82, 2.24) is 4.57 Å². The molecule has 0 aliphatic heterocycles. The van der Waals surface area contributed by atoms with Crippen molar-refractivity contribution in [2.24, 2.45) is 0 Å². The van der Waals surface area contributed by atoms with Gasteiger partial charge < -0.3 is 4.57 Å². The summed E-state index contributed by atoms with van der Waals surface area (Å²) in [5.74, 6) is 0. The van der Waals surface area contributed by atoms with Gasteiger partial charge >= 0.3 is 0 Å². The topological polar surface area (TPSA) is 65.1 Å². The Kier molecular flexibility index (Phi) is 2.91. The summed E-state index contributed by atoms with van der Waals surface area (Å²) in [6, 6.07) is 6.33. The molecule has 17 heavy (non-hydrogen) atoms. The molecule has 2 aromatic rings. The van der Waals surface area contributed by atoms with E-state index in [9.17, 15) is 14.9 Å². The van der Waals surface area contributed by atoms with Gasteiger partial charge in [0, 0.05) is 29.6 Å². The van der Waals surface area contributed by atoms with Gasteiger partial charge in [-0.15, -0.1) is 0 Å². The molecule has 88 valence electrons. The van der Waals surface area contributed by atoms with Crippen molar-refractivity contribution >= 4 is 22.9 Å². The zero-order valence-electron chi connectivity index (χ0n) is 9.42. The zero-order chi connectivity index (χ0) is 12.4. The number of hydrogen-bond acceptors (Lipinski definition) is 3. The van der Waals surface area contributed by atoms with E-state index in [-0.39, 0.29) is 5.69 Å². The SMILES string of the molecule is CCCn1c(C=O)cc2cc([N+](=O)[O-])ccc21. The summed E-state index contributed by atoms with van der Waals surface area (Å²) < 4.78 is 1.88. The fourth-order valence-corrected chi connectivity index (χ4v) is 1.96. The van der Waals surface area contributed by atoms with Crippen LogP contribution in [0.4, 0.5) is 5.69 Å². The maximum atomic E-state index is 10.9. The maximum absolute atomic E-state index is 10.9. The van der Waals surface area contributed by atoms with Gasteiger partial charge in [0.05, 0.1) is 10.6 Å². The van der Waals surface area contributed by atoms with Crippen LogP contribution in [0.1, 0.15) is 23.8 Å². The molecule has 0 amide bonds. The van der Waals surface area contributed by atoms with Crippen molar-refractivity contribution in [3.05, 3.63) is 40.1 Å². The Morgan fingerprint density at radius 3 is 2.76 bits per heavy atom. The Morgan fingerprint density at radius 2 is 2.18 bits per heavy atom. The minimum absolute atomic E-state index is 0.0450. The van der Waals surface area contributed by atoms with Crippen molar-refractivity contribution in [1.29, 1.82) is 0 Å². The number of non-ortho nitro benzene ring substituents is 1. The van der Waals surface area contributed by atoms with Gasteiger partial charge in [0.2, 0.25) is 0 Å². The number of nitro benzene ring substituents is 1. The molecule has 5 nitrogen and oxygen atoms in total. The fourth-order valence-electron chi connectivity index (χ4n) is 1.96. The maximum Gasteiger partial charge on any atom is 0.270 e. The number of carbonyl (C=O) groups is 1. The molecule has 0 radical (unpaired) electrons. The molecule has 0 atom stereocenters. The number of rotatable bonds is 4. The lowest BCUT2D eigenvalue weighted by molar-refractivity contribution is -0.384. The minimum Gasteiger partial charge on any atom is -0.338 e. The van der Waals surface area contributed by atoms with Crippen LogP contribution in [0.25, 0.3) is 10.9 Å². The predicted octanol–water partition coefficient (Wildman–Crippen LogP) is 2.77. The van der Waals surface area contributed by atoms with E-state index in [0.29, 0.717) is 5.69 Å². The van der Waals surface area contributed by atoms with Gasteiger partial charge in [-0.25, -0.2) is 0 Å². The second-order valence-corrected chi connectivity index (χ2v) is 3.84. The van der Waals surface area contributed by atoms with Crippen molar-refractivity contribution in [2.75, 3.05) is 0 Å². The first-order valence-electron chi connectivity index (χ1n) is 5.40. The molecule has 2 rings (SSSR count). The fraction of sp³-hybridized carbons (Fsp3) is 0.250. The number of aromatic nitrogens is 1. The molecule has 0 aliphatic rings. The summed E-state index contributed by atoms with van der Waals surface area (Å²) in [5.41, 5.74) is 1.46. The first-order valence-corrected chi connectivity index (χ1v) is 5.40. The second-order valence-electron chi connectivity index (χ2n) is 3.84. The molecule has 1 aromatic carbocycles. The van der Waals surface area contributed by atoms with Crippen LogP contribution >= 0.6 is 0 Å². The lowest BCUT2D eigenvalue weighted by atomic mass is 10.2. The molecule has 1 heterocycles. The van der Waals surface area contributed by atoms with E-state index >= 15 is 0 Å². The Labute approximate surface area is 97.8 Å². The molecule has 5 heteroatoms. The standard InChI is InChI=1S/C12H12N2O3/c1-2-5-13-11(8-15)7-9-6-10(14(16)17)3-4-12(9)13/h3-4,6-8H,2,5H2,1H3. The molecule has 0 fully saturated rings. The average Bonchev–Trinajstić information content (AvgIpc) is 2.67. The minimum atomic E-state index is -0.433. The highest BCUT2D eigenvalue weighted by Gasteiger charge is 2.11. The highest BCUT2D eigenvalue weighted by Crippen LogP contribution is 2.24. The summed E-state index contributed by atoms with van der Waals surface area (Å²) >= 11 is 0. The average molecular weight is 232 g/mol. The summed E-state index contributed by atoms with van der Waals surface area (Å²) in [6.07, 6.45) is 1.68. The van der Waals surface area contributed by atoms with Crippen LogP contribution < -0.4 is 0 Å². The van der Waals surface area contributed by atoms with E-state index in [2.05, 4.69) is 0 Å². The molecule has 0 unspecified atom stereocenters. The number of carbonyl (C=O) groups excluding carboxylic acids is 1. The molecule has 1 aromatic heterocycles. The van der Waals surface area contributed by atoms with Gasteiger partial charge in [0.1, 0.15) is 0 Å². The molecular weight excluding hydrogens is 220 g/mol. The van der Waals surface area contributed by atoms with Gasteiger partial charge in [-0.1, -0.05) is 6.92 Å². The molecule has 0 saturated heterocycles. The van der Waals surface area contributed by atoms with Crippen molar-refractivity contribution in [3.63, 3.8) is 0 Å². The third kappa shape index (κ3) is 1.91. The van der Waals surface area contributed by atoms with E-state index < -0.39 is 4.92 Å². The molecule has 0 spiro atoms. The van der Waals surface area contributed by atoms with Crippen LogP contribution in [-0.2, 0) is 6.54 Å². The van der Waals surface area contributed by atoms with Crippen LogP contribution in [0.3, 0.4) is 0 Å². The lowest BCUT2D eigenvalue weighted by Gasteiger charge is -2.04. The van der Waals surface area contributed by atoms with Gasteiger partial charge in [-0.3, -0.25) is 14.9 Å². The quantitative estimate of drug-likeness (QED) is 0.462. The third-order valence-corrected chi connectivity index (χ3v) is 2.70. The van der Waals surface area contributed by atoms with Crippen molar-refractivity contribution in [3.8, 4) is 0 Å². The molecule has 0 bridgehead atoms. The summed E-state index contributed by atoms with van der Waals surface area (Å²) in [6.45, 7) is 2.75. The highest BCUT2D eigenvalue weighted by atomic mass is 16.6. The number of hydrogen-bond donors (Lipinski definition) is 0. The van der Waals surface area contributed by atoms with Crippen LogP contribution in [0.5, 0.6) is 0 Å². The Balaban J connectivity index is 2.65. The Bertz CT molecular complexity index is 587. The highest BCUT2D eigenvalue weighted by molar-refractivity contribution is 5.90. The van der Waals surface area contributed by atoms with Crippen LogP contribution in [-0.4, -0.2) is 15.8 Å². The predicted molar refractivity (Wildman–Crippen MR) is 64.3 cm³/mol. The van der Waals surface area contributed by atoms with E-state index in [4.69, 9.17) is 0 Å². The van der Waals surface area contributed by atoms with E-state index in [1.165, 1.54) is 12.1 Å². The second kappa shape index (κ2) is 4.37. The zero-order valence-corrected chi connectivity index (χ0v) is 9.42. The normalized spacial score (nSPS) is 10.6. The summed E-state index contributed by atoms with van der Waals surface area (Å²) in [4.78, 5) is 21.2. The number of aldehydes is 1. The first kappa shape index (κ1) is 11.3. The van der Waals surface area contributed by atoms with Crippen LogP contribution in [0.2, 0.25) is 0 Å². The van der Waals surface area contributed by atoms with Gasteiger partial charge in [-0.2, -0.15) is 0 Å². The smallest absolute Gasteiger partial charge is 0.270 e. The molecular formula is C12H12N2O3. The number of nitrogens with zero attached hydrogens (tertiary/aromatic N) is 2. The van der Waals surface area contributed by atoms with Crippen LogP contribution in [0, 0.1) is 10.1 Å². The van der Waals surface area contributed by atoms with E-state index in [1.54, 1.807) is 12.1 Å². The van der Waals surface area contributed by atoms with Crippen LogP contribution in [0.15, 0.2) is 24.3 Å². The summed E-state index contributed by atoms with van der Waals surface area (Å²) in [7, 11) is 0.